The number of morpholine rings is 1. The van der Waals surface area contributed by atoms with E-state index in [2.05, 4.69) is 4.90 Å². The second kappa shape index (κ2) is 11.9. The molecule has 2 aliphatic rings. The third kappa shape index (κ3) is 5.75. The Hall–Kier alpha value is -2.87. The number of Topliss-reactive ketones (excluding diaryl/α,β-unsaturated/α-hetero) is 1. The summed E-state index contributed by atoms with van der Waals surface area (Å²) in [5, 5.41) is 11.9. The lowest BCUT2D eigenvalue weighted by atomic mass is 9.94. The van der Waals surface area contributed by atoms with E-state index < -0.39 is 17.7 Å². The van der Waals surface area contributed by atoms with Gasteiger partial charge in [0.2, 0.25) is 0 Å². The number of aliphatic hydroxyl groups is 1. The maximum absolute atomic E-state index is 13.3. The van der Waals surface area contributed by atoms with Gasteiger partial charge in [-0.15, -0.1) is 0 Å². The van der Waals surface area contributed by atoms with Crippen molar-refractivity contribution in [3.8, 4) is 5.75 Å². The predicted octanol–water partition coefficient (Wildman–Crippen LogP) is 4.58. The summed E-state index contributed by atoms with van der Waals surface area (Å²) in [5.74, 6) is -0.735. The Labute approximate surface area is 217 Å². The van der Waals surface area contributed by atoms with Crippen molar-refractivity contribution in [1.82, 2.24) is 9.80 Å². The van der Waals surface area contributed by atoms with Crippen LogP contribution in [0.3, 0.4) is 0 Å². The minimum atomic E-state index is -0.691. The molecule has 2 aliphatic heterocycles. The smallest absolute Gasteiger partial charge is 0.295 e. The third-order valence-corrected chi connectivity index (χ3v) is 6.86. The van der Waals surface area contributed by atoms with Crippen molar-refractivity contribution in [2.24, 2.45) is 0 Å². The number of aryl methyl sites for hydroxylation is 1. The van der Waals surface area contributed by atoms with Gasteiger partial charge in [0.05, 0.1) is 31.4 Å². The molecular formula is C28H33ClN2O5. The minimum absolute atomic E-state index is 0.0929. The van der Waals surface area contributed by atoms with Crippen LogP contribution in [0.5, 0.6) is 5.75 Å². The Morgan fingerprint density at radius 1 is 1.11 bits per heavy atom. The fraction of sp³-hybridized carbons (Fsp3) is 0.429. The predicted molar refractivity (Wildman–Crippen MR) is 139 cm³/mol. The number of hydrogen-bond donors (Lipinski definition) is 1. The molecular weight excluding hydrogens is 480 g/mol. The maximum Gasteiger partial charge on any atom is 0.295 e. The Balaban J connectivity index is 1.66. The average Bonchev–Trinajstić information content (AvgIpc) is 3.13. The van der Waals surface area contributed by atoms with E-state index in [1.54, 1.807) is 47.4 Å². The van der Waals surface area contributed by atoms with Crippen molar-refractivity contribution in [1.29, 1.82) is 0 Å². The lowest BCUT2D eigenvalue weighted by molar-refractivity contribution is -0.140. The third-order valence-electron chi connectivity index (χ3n) is 6.61. The number of rotatable bonds is 9. The Morgan fingerprint density at radius 3 is 2.50 bits per heavy atom. The summed E-state index contributed by atoms with van der Waals surface area (Å²) in [5.41, 5.74) is 2.14. The molecule has 2 fully saturated rings. The van der Waals surface area contributed by atoms with Crippen molar-refractivity contribution in [2.45, 2.75) is 32.7 Å². The molecule has 192 valence electrons. The number of likely N-dealkylation sites (tertiary alicyclic amines) is 1. The van der Waals surface area contributed by atoms with E-state index in [9.17, 15) is 14.7 Å². The van der Waals surface area contributed by atoms with Gasteiger partial charge in [0, 0.05) is 36.8 Å². The summed E-state index contributed by atoms with van der Waals surface area (Å²) >= 11 is 6.11. The lowest BCUT2D eigenvalue weighted by Crippen LogP contribution is -2.38. The van der Waals surface area contributed by atoms with Gasteiger partial charge >= 0.3 is 0 Å². The summed E-state index contributed by atoms with van der Waals surface area (Å²) in [6.45, 7) is 8.85. The fourth-order valence-electron chi connectivity index (χ4n) is 4.72. The molecule has 2 saturated heterocycles. The molecule has 0 bridgehead atoms. The normalized spacial score (nSPS) is 20.2. The van der Waals surface area contributed by atoms with Gasteiger partial charge in [-0.25, -0.2) is 0 Å². The summed E-state index contributed by atoms with van der Waals surface area (Å²) in [6, 6.07) is 11.7. The highest BCUT2D eigenvalue weighted by Gasteiger charge is 2.45. The van der Waals surface area contributed by atoms with Crippen LogP contribution in [0.25, 0.3) is 5.76 Å². The number of aliphatic hydroxyl groups excluding tert-OH is 1. The number of ether oxygens (including phenoxy) is 2. The SMILES string of the molecule is CCCOc1ccc(/C(O)=C2/C(=O)C(=O)N(CCCN3CCOCC3)C2c2ccc(Cl)cc2)cc1C. The second-order valence-corrected chi connectivity index (χ2v) is 9.62. The molecule has 2 aromatic carbocycles. The molecule has 1 atom stereocenters. The average molecular weight is 513 g/mol. The molecule has 36 heavy (non-hydrogen) atoms. The van der Waals surface area contributed by atoms with Gasteiger partial charge in [0.25, 0.3) is 11.7 Å². The van der Waals surface area contributed by atoms with Crippen LogP contribution in [0.15, 0.2) is 48.0 Å². The van der Waals surface area contributed by atoms with Crippen LogP contribution < -0.4 is 4.74 Å². The number of carbonyl (C=O) groups is 2. The molecule has 0 aliphatic carbocycles. The highest BCUT2D eigenvalue weighted by Crippen LogP contribution is 2.40. The molecule has 2 heterocycles. The summed E-state index contributed by atoms with van der Waals surface area (Å²) in [6.07, 6.45) is 1.59. The van der Waals surface area contributed by atoms with E-state index in [-0.39, 0.29) is 11.3 Å². The first kappa shape index (κ1) is 26.2. The van der Waals surface area contributed by atoms with E-state index in [1.807, 2.05) is 13.8 Å². The number of amides is 1. The van der Waals surface area contributed by atoms with Gasteiger partial charge in [0.1, 0.15) is 11.5 Å². The lowest BCUT2D eigenvalue weighted by Gasteiger charge is -2.29. The maximum atomic E-state index is 13.3. The van der Waals surface area contributed by atoms with Crippen LogP contribution in [-0.2, 0) is 14.3 Å². The molecule has 7 nitrogen and oxygen atoms in total. The van der Waals surface area contributed by atoms with Crippen molar-refractivity contribution >= 4 is 29.1 Å². The van der Waals surface area contributed by atoms with Crippen molar-refractivity contribution < 1.29 is 24.2 Å². The summed E-state index contributed by atoms with van der Waals surface area (Å²) in [4.78, 5) is 30.3. The molecule has 1 N–H and O–H groups in total. The first-order valence-electron chi connectivity index (χ1n) is 12.5. The second-order valence-electron chi connectivity index (χ2n) is 9.18. The standard InChI is InChI=1S/C28H33ClN2O5/c1-3-15-36-23-10-7-21(18-19(23)2)26(32)24-25(20-5-8-22(29)9-6-20)31(28(34)27(24)33)12-4-11-30-13-16-35-17-14-30/h5-10,18,25,32H,3-4,11-17H2,1-2H3/b26-24-. The van der Waals surface area contributed by atoms with Crippen molar-refractivity contribution in [3.63, 3.8) is 0 Å². The fourth-order valence-corrected chi connectivity index (χ4v) is 4.84. The molecule has 0 radical (unpaired) electrons. The van der Waals surface area contributed by atoms with E-state index >= 15 is 0 Å². The zero-order valence-electron chi connectivity index (χ0n) is 20.8. The number of hydrogen-bond acceptors (Lipinski definition) is 6. The van der Waals surface area contributed by atoms with Crippen molar-refractivity contribution in [3.05, 3.63) is 69.8 Å². The van der Waals surface area contributed by atoms with Crippen LogP contribution in [0.4, 0.5) is 0 Å². The molecule has 2 aromatic rings. The molecule has 8 heteroatoms. The van der Waals surface area contributed by atoms with Gasteiger partial charge in [-0.3, -0.25) is 14.5 Å². The zero-order valence-corrected chi connectivity index (χ0v) is 21.6. The number of benzene rings is 2. The first-order chi connectivity index (χ1) is 17.4. The van der Waals surface area contributed by atoms with Crippen LogP contribution in [0, 0.1) is 6.92 Å². The molecule has 0 spiro atoms. The van der Waals surface area contributed by atoms with Gasteiger partial charge < -0.3 is 19.5 Å². The molecule has 0 aromatic heterocycles. The zero-order chi connectivity index (χ0) is 25.7. The van der Waals surface area contributed by atoms with Crippen molar-refractivity contribution in [2.75, 3.05) is 46.0 Å². The Bertz CT molecular complexity index is 1130. The van der Waals surface area contributed by atoms with Crippen LogP contribution in [0.1, 0.15) is 42.5 Å². The van der Waals surface area contributed by atoms with Crippen LogP contribution >= 0.6 is 11.6 Å². The van der Waals surface area contributed by atoms with Gasteiger partial charge in [-0.2, -0.15) is 0 Å². The quantitative estimate of drug-likeness (QED) is 0.301. The number of nitrogens with zero attached hydrogens (tertiary/aromatic N) is 2. The highest BCUT2D eigenvalue weighted by atomic mass is 35.5. The number of ketones is 1. The van der Waals surface area contributed by atoms with E-state index in [0.29, 0.717) is 43.4 Å². The largest absolute Gasteiger partial charge is 0.507 e. The monoisotopic (exact) mass is 512 g/mol. The van der Waals surface area contributed by atoms with E-state index in [0.717, 1.165) is 42.9 Å². The highest BCUT2D eigenvalue weighted by molar-refractivity contribution is 6.46. The van der Waals surface area contributed by atoms with Crippen LogP contribution in [0.2, 0.25) is 5.02 Å². The van der Waals surface area contributed by atoms with Gasteiger partial charge in [-0.05, 0) is 61.2 Å². The van der Waals surface area contributed by atoms with Gasteiger partial charge in [-0.1, -0.05) is 30.7 Å². The van der Waals surface area contributed by atoms with Gasteiger partial charge in [0.15, 0.2) is 0 Å². The van der Waals surface area contributed by atoms with Crippen LogP contribution in [-0.4, -0.2) is 72.6 Å². The van der Waals surface area contributed by atoms with E-state index in [1.165, 1.54) is 0 Å². The number of halogens is 1. The Kier molecular flexibility index (Phi) is 8.67. The van der Waals surface area contributed by atoms with E-state index in [4.69, 9.17) is 21.1 Å². The first-order valence-corrected chi connectivity index (χ1v) is 12.9. The topological polar surface area (TPSA) is 79.3 Å². The Morgan fingerprint density at radius 2 is 1.83 bits per heavy atom. The summed E-state index contributed by atoms with van der Waals surface area (Å²) < 4.78 is 11.2. The molecule has 0 saturated carbocycles. The number of carbonyl (C=O) groups excluding carboxylic acids is 2. The molecule has 1 unspecified atom stereocenters. The minimum Gasteiger partial charge on any atom is -0.507 e. The summed E-state index contributed by atoms with van der Waals surface area (Å²) in [7, 11) is 0. The molecule has 4 rings (SSSR count). The molecule has 1 amide bonds.